The van der Waals surface area contributed by atoms with Crippen LogP contribution in [0.15, 0.2) is 42.5 Å². The Kier molecular flexibility index (Phi) is 2.99. The van der Waals surface area contributed by atoms with Gasteiger partial charge in [0.05, 0.1) is 29.0 Å². The number of aromatic amines is 1. The number of rotatable bonds is 3. The van der Waals surface area contributed by atoms with Gasteiger partial charge in [-0.25, -0.2) is 4.98 Å². The summed E-state index contributed by atoms with van der Waals surface area (Å²) in [6.45, 7) is 1.75. The molecular weight excluding hydrogens is 260 g/mol. The number of para-hydroxylation sites is 3. The lowest BCUT2D eigenvalue weighted by Crippen LogP contribution is -2.14. The molecule has 1 aliphatic rings. The number of fused-ring (bicyclic) bond motifs is 2. The summed E-state index contributed by atoms with van der Waals surface area (Å²) in [6, 6.07) is 14.6. The molecule has 0 atom stereocenters. The zero-order chi connectivity index (χ0) is 14.1. The maximum absolute atomic E-state index is 4.60. The van der Waals surface area contributed by atoms with Crippen LogP contribution in [0.3, 0.4) is 0 Å². The molecule has 4 heteroatoms. The van der Waals surface area contributed by atoms with E-state index in [1.165, 1.54) is 17.7 Å². The average molecular weight is 278 g/mol. The predicted molar refractivity (Wildman–Crippen MR) is 86.7 cm³/mol. The molecule has 0 saturated carbocycles. The first-order chi connectivity index (χ1) is 10.4. The van der Waals surface area contributed by atoms with Gasteiger partial charge < -0.3 is 15.6 Å². The van der Waals surface area contributed by atoms with Gasteiger partial charge in [-0.1, -0.05) is 24.3 Å². The molecule has 0 bridgehead atoms. The number of nitrogens with zero attached hydrogens (tertiary/aromatic N) is 1. The van der Waals surface area contributed by atoms with E-state index in [4.69, 9.17) is 0 Å². The van der Waals surface area contributed by atoms with Gasteiger partial charge in [0, 0.05) is 6.54 Å². The molecule has 3 N–H and O–H groups in total. The third kappa shape index (κ3) is 2.33. The van der Waals surface area contributed by atoms with Gasteiger partial charge in [0.2, 0.25) is 0 Å². The Bertz CT molecular complexity index is 742. The molecule has 0 saturated heterocycles. The van der Waals surface area contributed by atoms with E-state index in [2.05, 4.69) is 44.9 Å². The number of hydrogen-bond acceptors (Lipinski definition) is 3. The van der Waals surface area contributed by atoms with Crippen molar-refractivity contribution >= 4 is 22.4 Å². The SMILES string of the molecule is c1cc2c(c(NCc3nc4ccccc4[nH]3)c1)NCCC2. The maximum Gasteiger partial charge on any atom is 0.126 e. The zero-order valence-corrected chi connectivity index (χ0v) is 11.8. The number of hydrogen-bond donors (Lipinski definition) is 3. The Hall–Kier alpha value is -2.49. The molecular formula is C17H18N4. The summed E-state index contributed by atoms with van der Waals surface area (Å²) in [5.74, 6) is 0.963. The lowest BCUT2D eigenvalue weighted by molar-refractivity contribution is 0.830. The van der Waals surface area contributed by atoms with E-state index in [1.54, 1.807) is 0 Å². The summed E-state index contributed by atoms with van der Waals surface area (Å²) in [4.78, 5) is 7.95. The minimum Gasteiger partial charge on any atom is -0.383 e. The minimum atomic E-state index is 0.701. The van der Waals surface area contributed by atoms with Crippen LogP contribution in [0.2, 0.25) is 0 Å². The summed E-state index contributed by atoms with van der Waals surface area (Å²) in [6.07, 6.45) is 2.36. The summed E-state index contributed by atoms with van der Waals surface area (Å²) in [7, 11) is 0. The number of aromatic nitrogens is 2. The number of imidazole rings is 1. The minimum absolute atomic E-state index is 0.701. The first-order valence-corrected chi connectivity index (χ1v) is 7.43. The van der Waals surface area contributed by atoms with Crippen LogP contribution in [-0.2, 0) is 13.0 Å². The molecule has 4 rings (SSSR count). The highest BCUT2D eigenvalue weighted by atomic mass is 15.0. The van der Waals surface area contributed by atoms with Gasteiger partial charge in [0.25, 0.3) is 0 Å². The monoisotopic (exact) mass is 278 g/mol. The fraction of sp³-hybridized carbons (Fsp3) is 0.235. The average Bonchev–Trinajstić information content (AvgIpc) is 2.96. The highest BCUT2D eigenvalue weighted by Gasteiger charge is 2.12. The quantitative estimate of drug-likeness (QED) is 0.687. The number of H-pyrrole nitrogens is 1. The molecule has 2 aromatic carbocycles. The standard InChI is InChI=1S/C17H18N4/c1-2-8-14-13(7-1)20-16(21-14)11-19-15-9-3-5-12-6-4-10-18-17(12)15/h1-3,5,7-9,18-19H,4,6,10-11H2,(H,20,21). The summed E-state index contributed by atoms with van der Waals surface area (Å²) in [5, 5.41) is 6.99. The Morgan fingerprint density at radius 3 is 3.00 bits per heavy atom. The van der Waals surface area contributed by atoms with Gasteiger partial charge in [-0.2, -0.15) is 0 Å². The smallest absolute Gasteiger partial charge is 0.126 e. The van der Waals surface area contributed by atoms with E-state index >= 15 is 0 Å². The lowest BCUT2D eigenvalue weighted by Gasteiger charge is -2.21. The molecule has 0 radical (unpaired) electrons. The van der Waals surface area contributed by atoms with Gasteiger partial charge in [-0.15, -0.1) is 0 Å². The van der Waals surface area contributed by atoms with Gasteiger partial charge in [-0.3, -0.25) is 0 Å². The van der Waals surface area contributed by atoms with Gasteiger partial charge in [0.1, 0.15) is 5.82 Å². The van der Waals surface area contributed by atoms with Crippen molar-refractivity contribution in [1.82, 2.24) is 9.97 Å². The third-order valence-corrected chi connectivity index (χ3v) is 3.96. The van der Waals surface area contributed by atoms with Crippen molar-refractivity contribution in [2.45, 2.75) is 19.4 Å². The van der Waals surface area contributed by atoms with Crippen molar-refractivity contribution < 1.29 is 0 Å². The van der Waals surface area contributed by atoms with Crippen LogP contribution in [0.4, 0.5) is 11.4 Å². The first-order valence-electron chi connectivity index (χ1n) is 7.43. The summed E-state index contributed by atoms with van der Waals surface area (Å²) in [5.41, 5.74) is 5.91. The van der Waals surface area contributed by atoms with E-state index in [0.717, 1.165) is 35.5 Å². The summed E-state index contributed by atoms with van der Waals surface area (Å²) < 4.78 is 0. The Balaban J connectivity index is 1.56. The highest BCUT2D eigenvalue weighted by molar-refractivity contribution is 5.75. The molecule has 0 fully saturated rings. The Morgan fingerprint density at radius 2 is 2.05 bits per heavy atom. The largest absolute Gasteiger partial charge is 0.383 e. The van der Waals surface area contributed by atoms with E-state index in [0.29, 0.717) is 6.54 Å². The molecule has 0 unspecified atom stereocenters. The zero-order valence-electron chi connectivity index (χ0n) is 11.8. The lowest BCUT2D eigenvalue weighted by atomic mass is 10.0. The van der Waals surface area contributed by atoms with E-state index in [9.17, 15) is 0 Å². The number of anilines is 2. The molecule has 0 aliphatic carbocycles. The number of benzene rings is 2. The molecule has 21 heavy (non-hydrogen) atoms. The van der Waals surface area contributed by atoms with E-state index in [1.807, 2.05) is 18.2 Å². The molecule has 1 aliphatic heterocycles. The molecule has 1 aromatic heterocycles. The fourth-order valence-electron chi connectivity index (χ4n) is 2.93. The predicted octanol–water partition coefficient (Wildman–Crippen LogP) is 3.53. The van der Waals surface area contributed by atoms with Crippen LogP contribution in [0, 0.1) is 0 Å². The van der Waals surface area contributed by atoms with Crippen LogP contribution in [-0.4, -0.2) is 16.5 Å². The third-order valence-electron chi connectivity index (χ3n) is 3.96. The molecule has 3 aromatic rings. The van der Waals surface area contributed by atoms with Crippen molar-refractivity contribution in [3.63, 3.8) is 0 Å². The van der Waals surface area contributed by atoms with Crippen molar-refractivity contribution in [1.29, 1.82) is 0 Å². The second-order valence-corrected chi connectivity index (χ2v) is 5.42. The van der Waals surface area contributed by atoms with Crippen LogP contribution in [0.1, 0.15) is 17.8 Å². The fourth-order valence-corrected chi connectivity index (χ4v) is 2.93. The molecule has 106 valence electrons. The van der Waals surface area contributed by atoms with E-state index in [-0.39, 0.29) is 0 Å². The van der Waals surface area contributed by atoms with Gasteiger partial charge in [-0.05, 0) is 36.6 Å². The number of nitrogens with one attached hydrogen (secondary N) is 3. The van der Waals surface area contributed by atoms with Crippen molar-refractivity contribution in [2.75, 3.05) is 17.2 Å². The van der Waals surface area contributed by atoms with Gasteiger partial charge in [0.15, 0.2) is 0 Å². The molecule has 2 heterocycles. The highest BCUT2D eigenvalue weighted by Crippen LogP contribution is 2.30. The van der Waals surface area contributed by atoms with E-state index < -0.39 is 0 Å². The Labute approximate surface area is 123 Å². The Morgan fingerprint density at radius 1 is 1.10 bits per heavy atom. The molecule has 4 nitrogen and oxygen atoms in total. The van der Waals surface area contributed by atoms with Crippen LogP contribution in [0.25, 0.3) is 11.0 Å². The van der Waals surface area contributed by atoms with Crippen molar-refractivity contribution in [3.05, 3.63) is 53.9 Å². The topological polar surface area (TPSA) is 52.7 Å². The normalized spacial score (nSPS) is 13.7. The van der Waals surface area contributed by atoms with Crippen LogP contribution >= 0.6 is 0 Å². The maximum atomic E-state index is 4.60. The second kappa shape index (κ2) is 5.13. The van der Waals surface area contributed by atoms with Crippen LogP contribution in [0.5, 0.6) is 0 Å². The number of aryl methyl sites for hydroxylation is 1. The molecule has 0 amide bonds. The van der Waals surface area contributed by atoms with Crippen molar-refractivity contribution in [2.24, 2.45) is 0 Å². The molecule has 0 spiro atoms. The first kappa shape index (κ1) is 12.3. The van der Waals surface area contributed by atoms with Crippen LogP contribution < -0.4 is 10.6 Å². The van der Waals surface area contributed by atoms with Gasteiger partial charge >= 0.3 is 0 Å². The second-order valence-electron chi connectivity index (χ2n) is 5.42. The van der Waals surface area contributed by atoms with Crippen molar-refractivity contribution in [3.8, 4) is 0 Å². The summed E-state index contributed by atoms with van der Waals surface area (Å²) >= 11 is 0.